The molecule has 2 aromatic carbocycles. The molecule has 2 aromatic rings. The summed E-state index contributed by atoms with van der Waals surface area (Å²) in [6.07, 6.45) is 0. The first-order chi connectivity index (χ1) is 9.77. The molecule has 0 spiro atoms. The van der Waals surface area contributed by atoms with Gasteiger partial charge in [0.05, 0.1) is 0 Å². The Morgan fingerprint density at radius 2 is 1.86 bits per heavy atom. The third kappa shape index (κ3) is 3.95. The molecule has 0 fully saturated rings. The van der Waals surface area contributed by atoms with Gasteiger partial charge < -0.3 is 4.74 Å². The molecule has 21 heavy (non-hydrogen) atoms. The van der Waals surface area contributed by atoms with Gasteiger partial charge in [-0.1, -0.05) is 12.1 Å². The van der Waals surface area contributed by atoms with Crippen LogP contribution in [0.25, 0.3) is 0 Å². The van der Waals surface area contributed by atoms with E-state index in [0.29, 0.717) is 0 Å². The highest BCUT2D eigenvalue weighted by atomic mass is 35.7. The molecule has 0 aliphatic carbocycles. The van der Waals surface area contributed by atoms with Crippen LogP contribution in [0.15, 0.2) is 41.3 Å². The molecule has 6 heteroatoms. The molecule has 0 bridgehead atoms. The normalized spacial score (nSPS) is 11.4. The van der Waals surface area contributed by atoms with E-state index in [0.717, 1.165) is 16.7 Å². The minimum atomic E-state index is -3.89. The monoisotopic (exact) mass is 328 g/mol. The Kier molecular flexibility index (Phi) is 4.54. The maximum Gasteiger partial charge on any atom is 0.264 e. The molecule has 3 nitrogen and oxygen atoms in total. The average Bonchev–Trinajstić information content (AvgIpc) is 2.38. The summed E-state index contributed by atoms with van der Waals surface area (Å²) in [5.74, 6) is -0.144. The van der Waals surface area contributed by atoms with Crippen LogP contribution in [-0.2, 0) is 15.7 Å². The second kappa shape index (κ2) is 6.03. The van der Waals surface area contributed by atoms with E-state index in [1.54, 1.807) is 32.0 Å². The minimum Gasteiger partial charge on any atom is -0.487 e. The van der Waals surface area contributed by atoms with Crippen LogP contribution in [0.4, 0.5) is 4.39 Å². The van der Waals surface area contributed by atoms with Crippen LogP contribution in [0.1, 0.15) is 16.7 Å². The first kappa shape index (κ1) is 15.8. The Hall–Kier alpha value is -1.59. The van der Waals surface area contributed by atoms with Crippen molar-refractivity contribution >= 4 is 19.7 Å². The van der Waals surface area contributed by atoms with E-state index < -0.39 is 9.05 Å². The topological polar surface area (TPSA) is 43.4 Å². The van der Waals surface area contributed by atoms with Gasteiger partial charge >= 0.3 is 0 Å². The minimum absolute atomic E-state index is 0.0658. The van der Waals surface area contributed by atoms with Crippen molar-refractivity contribution in [3.05, 3.63) is 58.9 Å². The lowest BCUT2D eigenvalue weighted by atomic mass is 10.1. The molecule has 0 amide bonds. The zero-order chi connectivity index (χ0) is 15.6. The second-order valence-corrected chi connectivity index (χ2v) is 7.28. The largest absolute Gasteiger partial charge is 0.487 e. The Balaban J connectivity index is 2.28. The van der Waals surface area contributed by atoms with Crippen LogP contribution in [0, 0.1) is 19.7 Å². The molecule has 0 aliphatic heterocycles. The summed E-state index contributed by atoms with van der Waals surface area (Å²) in [5.41, 5.74) is 2.27. The molecule has 0 radical (unpaired) electrons. The van der Waals surface area contributed by atoms with Crippen molar-refractivity contribution in [2.24, 2.45) is 0 Å². The maximum absolute atomic E-state index is 13.0. The van der Waals surface area contributed by atoms with E-state index in [4.69, 9.17) is 15.4 Å². The van der Waals surface area contributed by atoms with Gasteiger partial charge in [0.1, 0.15) is 23.1 Å². The second-order valence-electron chi connectivity index (χ2n) is 4.75. The molecule has 0 atom stereocenters. The van der Waals surface area contributed by atoms with E-state index >= 15 is 0 Å². The highest BCUT2D eigenvalue weighted by Crippen LogP contribution is 2.29. The highest BCUT2D eigenvalue weighted by molar-refractivity contribution is 8.13. The van der Waals surface area contributed by atoms with Gasteiger partial charge in [0.25, 0.3) is 9.05 Å². The Bertz CT molecular complexity index is 772. The molecule has 2 rings (SSSR count). The van der Waals surface area contributed by atoms with Gasteiger partial charge in [-0.3, -0.25) is 0 Å². The Morgan fingerprint density at radius 3 is 2.48 bits per heavy atom. The molecule has 0 N–H and O–H groups in total. The molecule has 0 aliphatic rings. The molecule has 0 saturated heterocycles. The third-order valence-electron chi connectivity index (χ3n) is 3.05. The lowest BCUT2D eigenvalue weighted by Crippen LogP contribution is -2.02. The number of benzene rings is 2. The number of ether oxygens (including phenoxy) is 1. The van der Waals surface area contributed by atoms with E-state index in [-0.39, 0.29) is 23.1 Å². The first-order valence-corrected chi connectivity index (χ1v) is 8.51. The SMILES string of the molecule is Cc1ccc(OCc2ccc(F)cc2C)c(S(=O)(=O)Cl)c1. The van der Waals surface area contributed by atoms with Crippen LogP contribution in [0.3, 0.4) is 0 Å². The fourth-order valence-corrected chi connectivity index (χ4v) is 2.96. The molecule has 0 heterocycles. The third-order valence-corrected chi connectivity index (χ3v) is 4.39. The van der Waals surface area contributed by atoms with Gasteiger partial charge in [-0.2, -0.15) is 0 Å². The van der Waals surface area contributed by atoms with Crippen molar-refractivity contribution in [2.45, 2.75) is 25.3 Å². The van der Waals surface area contributed by atoms with Gasteiger partial charge in [-0.15, -0.1) is 0 Å². The van der Waals surface area contributed by atoms with E-state index in [2.05, 4.69) is 0 Å². The summed E-state index contributed by atoms with van der Waals surface area (Å²) in [5, 5.41) is 0. The number of rotatable bonds is 4. The molecule has 0 aromatic heterocycles. The highest BCUT2D eigenvalue weighted by Gasteiger charge is 2.17. The van der Waals surface area contributed by atoms with E-state index in [9.17, 15) is 12.8 Å². The van der Waals surface area contributed by atoms with Crippen LogP contribution in [-0.4, -0.2) is 8.42 Å². The lowest BCUT2D eigenvalue weighted by Gasteiger charge is -2.12. The quantitative estimate of drug-likeness (QED) is 0.798. The molecule has 0 saturated carbocycles. The summed E-state index contributed by atoms with van der Waals surface area (Å²) >= 11 is 0. The van der Waals surface area contributed by atoms with Gasteiger partial charge in [0.2, 0.25) is 0 Å². The summed E-state index contributed by atoms with van der Waals surface area (Å²) in [4.78, 5) is -0.0658. The van der Waals surface area contributed by atoms with Gasteiger partial charge in [-0.05, 0) is 54.8 Å². The lowest BCUT2D eigenvalue weighted by molar-refractivity contribution is 0.297. The maximum atomic E-state index is 13.0. The van der Waals surface area contributed by atoms with Crippen molar-refractivity contribution in [1.82, 2.24) is 0 Å². The fraction of sp³-hybridized carbons (Fsp3) is 0.200. The summed E-state index contributed by atoms with van der Waals surface area (Å²) in [6, 6.07) is 9.08. The zero-order valence-corrected chi connectivity index (χ0v) is 13.1. The van der Waals surface area contributed by atoms with Crippen LogP contribution in [0.5, 0.6) is 5.75 Å². The van der Waals surface area contributed by atoms with Crippen LogP contribution in [0.2, 0.25) is 0 Å². The fourth-order valence-electron chi connectivity index (χ4n) is 1.90. The average molecular weight is 329 g/mol. The van der Waals surface area contributed by atoms with Crippen molar-refractivity contribution in [2.75, 3.05) is 0 Å². The summed E-state index contributed by atoms with van der Waals surface area (Å²) in [6.45, 7) is 3.66. The number of halogens is 2. The molecule has 0 unspecified atom stereocenters. The van der Waals surface area contributed by atoms with Crippen molar-refractivity contribution in [3.63, 3.8) is 0 Å². The zero-order valence-electron chi connectivity index (χ0n) is 11.6. The first-order valence-electron chi connectivity index (χ1n) is 6.20. The van der Waals surface area contributed by atoms with Gasteiger partial charge in [0, 0.05) is 10.7 Å². The van der Waals surface area contributed by atoms with Crippen LogP contribution < -0.4 is 4.74 Å². The standard InChI is InChI=1S/C15H14ClFO3S/c1-10-3-6-14(15(7-10)21(16,18)19)20-9-12-4-5-13(17)8-11(12)2/h3-8H,9H2,1-2H3. The molecule has 112 valence electrons. The number of hydrogen-bond donors (Lipinski definition) is 0. The van der Waals surface area contributed by atoms with Crippen molar-refractivity contribution < 1.29 is 17.5 Å². The predicted molar refractivity (Wildman–Crippen MR) is 79.7 cm³/mol. The van der Waals surface area contributed by atoms with Gasteiger partial charge in [0.15, 0.2) is 0 Å². The number of hydrogen-bond acceptors (Lipinski definition) is 3. The van der Waals surface area contributed by atoms with Gasteiger partial charge in [-0.25, -0.2) is 12.8 Å². The number of aryl methyl sites for hydroxylation is 2. The van der Waals surface area contributed by atoms with Crippen LogP contribution >= 0.6 is 10.7 Å². The van der Waals surface area contributed by atoms with E-state index in [1.165, 1.54) is 18.2 Å². The summed E-state index contributed by atoms with van der Waals surface area (Å²) in [7, 11) is 1.52. The predicted octanol–water partition coefficient (Wildman–Crippen LogP) is 3.95. The molecular weight excluding hydrogens is 315 g/mol. The van der Waals surface area contributed by atoms with Crippen molar-refractivity contribution in [1.29, 1.82) is 0 Å². The van der Waals surface area contributed by atoms with Crippen molar-refractivity contribution in [3.8, 4) is 5.75 Å². The molecular formula is C15H14ClFO3S. The Labute approximate surface area is 127 Å². The summed E-state index contributed by atoms with van der Waals surface area (Å²) < 4.78 is 41.7. The smallest absolute Gasteiger partial charge is 0.264 e. The van der Waals surface area contributed by atoms with E-state index in [1.807, 2.05) is 0 Å². The Morgan fingerprint density at radius 1 is 1.14 bits per heavy atom.